The molecule has 10 nitrogen and oxygen atoms in total. The molecule has 13 heavy (non-hydrogen) atoms. The monoisotopic (exact) mass is 347 g/mol. The molecular formula is H12NiO10RbS+. The first-order valence-electron chi connectivity index (χ1n) is 0.667. The van der Waals surface area contributed by atoms with Crippen molar-refractivity contribution >= 4 is 10.4 Å². The van der Waals surface area contributed by atoms with Crippen LogP contribution in [0.1, 0.15) is 0 Å². The molecule has 0 aromatic rings. The van der Waals surface area contributed by atoms with E-state index in [9.17, 15) is 0 Å². The summed E-state index contributed by atoms with van der Waals surface area (Å²) in [7, 11) is -5.17. The largest absolute Gasteiger partial charge is 2.00 e. The van der Waals surface area contributed by atoms with Crippen molar-refractivity contribution in [2.75, 3.05) is 0 Å². The Labute approximate surface area is 133 Å². The summed E-state index contributed by atoms with van der Waals surface area (Å²) in [6, 6.07) is 0. The number of hydrogen-bond donors (Lipinski definition) is 0. The average molecular weight is 348 g/mol. The second-order valence-corrected chi connectivity index (χ2v) is 1.22. The first-order valence-corrected chi connectivity index (χ1v) is 2.00. The fraction of sp³-hybridized carbons (Fsp3) is 0. The van der Waals surface area contributed by atoms with E-state index in [1.807, 2.05) is 0 Å². The molecule has 12 N–H and O–H groups in total. The van der Waals surface area contributed by atoms with Crippen LogP contribution in [-0.2, 0) is 26.9 Å². The molecule has 0 rings (SSSR count). The van der Waals surface area contributed by atoms with Crippen molar-refractivity contribution in [3.8, 4) is 0 Å². The summed E-state index contributed by atoms with van der Waals surface area (Å²) < 4.78 is 34.1. The summed E-state index contributed by atoms with van der Waals surface area (Å²) in [5.74, 6) is 0. The summed E-state index contributed by atoms with van der Waals surface area (Å²) in [5.41, 5.74) is 0. The Morgan fingerprint density at radius 2 is 0.692 bits per heavy atom. The van der Waals surface area contributed by atoms with Gasteiger partial charge in [-0.15, -0.1) is 0 Å². The molecule has 0 heterocycles. The summed E-state index contributed by atoms with van der Waals surface area (Å²) in [6.07, 6.45) is 0. The van der Waals surface area contributed by atoms with E-state index in [4.69, 9.17) is 17.5 Å². The van der Waals surface area contributed by atoms with Gasteiger partial charge in [-0.25, -0.2) is 0 Å². The van der Waals surface area contributed by atoms with Crippen LogP contribution < -0.4 is 58.2 Å². The van der Waals surface area contributed by atoms with Gasteiger partial charge in [0.05, 0.1) is 0 Å². The maximum absolute atomic E-state index is 8.52. The van der Waals surface area contributed by atoms with Gasteiger partial charge in [0, 0.05) is 10.4 Å². The molecule has 0 atom stereocenters. The summed E-state index contributed by atoms with van der Waals surface area (Å²) in [4.78, 5) is 0. The molecule has 0 aromatic carbocycles. The van der Waals surface area contributed by atoms with Gasteiger partial charge in [0.2, 0.25) is 0 Å². The van der Waals surface area contributed by atoms with Crippen molar-refractivity contribution in [3.05, 3.63) is 0 Å². The third kappa shape index (κ3) is 533. The minimum absolute atomic E-state index is 0. The number of hydrogen-bond acceptors (Lipinski definition) is 4. The van der Waals surface area contributed by atoms with Gasteiger partial charge in [-0.1, -0.05) is 0 Å². The Morgan fingerprint density at radius 3 is 0.692 bits per heavy atom. The zero-order valence-corrected chi connectivity index (χ0v) is 13.1. The van der Waals surface area contributed by atoms with Crippen LogP contribution in [0.5, 0.6) is 0 Å². The molecule has 0 amide bonds. The van der Waals surface area contributed by atoms with Crippen molar-refractivity contribution < 1.29 is 125 Å². The van der Waals surface area contributed by atoms with Crippen LogP contribution in [0.2, 0.25) is 0 Å². The molecule has 88 valence electrons. The van der Waals surface area contributed by atoms with Crippen molar-refractivity contribution in [2.24, 2.45) is 0 Å². The van der Waals surface area contributed by atoms with Gasteiger partial charge in [-0.05, 0) is 0 Å². The van der Waals surface area contributed by atoms with Crippen molar-refractivity contribution in [1.29, 1.82) is 0 Å². The predicted molar refractivity (Wildman–Crippen MR) is 32.2 cm³/mol. The first-order chi connectivity index (χ1) is 2.00. The quantitative estimate of drug-likeness (QED) is 0.234. The molecule has 0 aliphatic carbocycles. The zero-order chi connectivity index (χ0) is 4.50. The van der Waals surface area contributed by atoms with E-state index in [0.717, 1.165) is 0 Å². The molecular weight excluding hydrogens is 336 g/mol. The van der Waals surface area contributed by atoms with Crippen LogP contribution in [0.15, 0.2) is 0 Å². The Kier molecular flexibility index (Phi) is 235. The minimum atomic E-state index is -5.17. The van der Waals surface area contributed by atoms with E-state index in [1.54, 1.807) is 0 Å². The SMILES string of the molecule is O.O.O.O.O.O.O=S(=O)([O-])[O-].[Ni+2].[Rb+]. The smallest absolute Gasteiger partial charge is 0.759 e. The van der Waals surface area contributed by atoms with E-state index >= 15 is 0 Å². The normalized spacial score (nSPS) is 4.46. The predicted octanol–water partition coefficient (Wildman–Crippen LogP) is -9.28. The van der Waals surface area contributed by atoms with Crippen LogP contribution in [0, 0.1) is 0 Å². The first kappa shape index (κ1) is 82.4. The molecule has 0 aromatic heterocycles. The van der Waals surface area contributed by atoms with E-state index in [2.05, 4.69) is 0 Å². The third-order valence-electron chi connectivity index (χ3n) is 0. The Hall–Kier alpha value is 1.93. The Morgan fingerprint density at radius 1 is 0.692 bits per heavy atom. The van der Waals surface area contributed by atoms with E-state index in [-0.39, 0.29) is 108 Å². The van der Waals surface area contributed by atoms with Gasteiger partial charge in [-0.2, -0.15) is 0 Å². The van der Waals surface area contributed by atoms with E-state index in [1.165, 1.54) is 0 Å². The fourth-order valence-electron chi connectivity index (χ4n) is 0. The van der Waals surface area contributed by atoms with Crippen molar-refractivity contribution in [2.45, 2.75) is 0 Å². The molecule has 0 fully saturated rings. The van der Waals surface area contributed by atoms with Crippen LogP contribution in [0.3, 0.4) is 0 Å². The van der Waals surface area contributed by atoms with Gasteiger partial charge < -0.3 is 42.0 Å². The molecule has 0 bridgehead atoms. The van der Waals surface area contributed by atoms with Gasteiger partial charge in [0.25, 0.3) is 0 Å². The molecule has 0 saturated heterocycles. The van der Waals surface area contributed by atoms with E-state index in [0.29, 0.717) is 0 Å². The van der Waals surface area contributed by atoms with Crippen LogP contribution >= 0.6 is 0 Å². The van der Waals surface area contributed by atoms with Gasteiger partial charge >= 0.3 is 74.7 Å². The maximum Gasteiger partial charge on any atom is 2.00 e. The van der Waals surface area contributed by atoms with Gasteiger partial charge in [-0.3, -0.25) is 8.42 Å². The number of rotatable bonds is 0. The summed E-state index contributed by atoms with van der Waals surface area (Å²) in [6.45, 7) is 0. The van der Waals surface area contributed by atoms with Crippen LogP contribution in [0.25, 0.3) is 0 Å². The summed E-state index contributed by atoms with van der Waals surface area (Å²) >= 11 is 0. The van der Waals surface area contributed by atoms with Crippen molar-refractivity contribution in [1.82, 2.24) is 0 Å². The molecule has 0 aliphatic rings. The van der Waals surface area contributed by atoms with Crippen LogP contribution in [0.4, 0.5) is 0 Å². The Balaban J connectivity index is -0.00000000286. The molecule has 0 radical (unpaired) electrons. The zero-order valence-electron chi connectivity index (χ0n) is 6.36. The molecule has 0 unspecified atom stereocenters. The standard InChI is InChI=1S/Ni.H2O4S.6H2O.Rb/c;1-5(2,3)4;;;;;;;/h;(H2,1,2,3,4);6*1H2;/q+2;;;;;;;;+1/p-2. The molecule has 0 spiro atoms. The maximum atomic E-state index is 8.52. The van der Waals surface area contributed by atoms with Gasteiger partial charge in [0.1, 0.15) is 0 Å². The van der Waals surface area contributed by atoms with Crippen LogP contribution in [-0.4, -0.2) is 50.4 Å². The van der Waals surface area contributed by atoms with E-state index < -0.39 is 10.4 Å². The van der Waals surface area contributed by atoms with Crippen molar-refractivity contribution in [3.63, 3.8) is 0 Å². The topological polar surface area (TPSA) is 269 Å². The molecule has 0 saturated carbocycles. The second kappa shape index (κ2) is 37.0. The molecule has 13 heteroatoms. The molecule has 0 aliphatic heterocycles. The summed E-state index contributed by atoms with van der Waals surface area (Å²) in [5, 5.41) is 0. The second-order valence-electron chi connectivity index (χ2n) is 0.408. The third-order valence-corrected chi connectivity index (χ3v) is 0. The average Bonchev–Trinajstić information content (AvgIpc) is 0.722. The Bertz CT molecular complexity index is 98.1. The minimum Gasteiger partial charge on any atom is -0.759 e. The fourth-order valence-corrected chi connectivity index (χ4v) is 0. The van der Waals surface area contributed by atoms with Gasteiger partial charge in [0.15, 0.2) is 0 Å².